The minimum Gasteiger partial charge on any atom is -0.311 e. The summed E-state index contributed by atoms with van der Waals surface area (Å²) in [7, 11) is 48.7. The van der Waals surface area contributed by atoms with Crippen LogP contribution in [0.25, 0.3) is 44.5 Å². The van der Waals surface area contributed by atoms with Gasteiger partial charge in [-0.15, -0.1) is 10.9 Å². The molecular formula is C55H40B7N. The number of benzene rings is 7. The molecule has 1 spiro atoms. The quantitative estimate of drug-likeness (QED) is 0.192. The Kier molecular flexibility index (Phi) is 8.69. The summed E-state index contributed by atoms with van der Waals surface area (Å²) in [6.45, 7) is 4.15. The molecule has 0 heterocycles. The van der Waals surface area contributed by atoms with Gasteiger partial charge in [0.1, 0.15) is 54.9 Å². The largest absolute Gasteiger partial charge is 0.311 e. The van der Waals surface area contributed by atoms with Crippen molar-refractivity contribution in [2.24, 2.45) is 23.7 Å². The Morgan fingerprint density at radius 3 is 1.65 bits per heavy atom. The highest BCUT2D eigenvalue weighted by molar-refractivity contribution is 6.65. The van der Waals surface area contributed by atoms with Crippen molar-refractivity contribution in [1.29, 1.82) is 0 Å². The Balaban J connectivity index is 1.13. The van der Waals surface area contributed by atoms with Gasteiger partial charge in [-0.3, -0.25) is 0 Å². The first-order valence-electron chi connectivity index (χ1n) is 22.5. The number of nitrogens with zero attached hydrogens (tertiary/aromatic N) is 1. The fraction of sp³-hybridized carbons (Fsp3) is 0.236. The normalized spacial score (nSPS) is 22.8. The zero-order valence-corrected chi connectivity index (χ0v) is 35.9. The monoisotopic (exact) mass is 791 g/mol. The number of hydrogen-bond acceptors (Lipinski definition) is 1. The molecular weight excluding hydrogens is 750 g/mol. The van der Waals surface area contributed by atoms with Crippen molar-refractivity contribution in [3.05, 3.63) is 144 Å². The molecule has 7 aromatic rings. The minimum absolute atomic E-state index is 0.0222. The third-order valence-electron chi connectivity index (χ3n) is 16.2. The molecule has 4 bridgehead atoms. The highest BCUT2D eigenvalue weighted by atomic mass is 15.1. The maximum absolute atomic E-state index is 7.56. The van der Waals surface area contributed by atoms with E-state index in [4.69, 9.17) is 54.9 Å². The zero-order valence-electron chi connectivity index (χ0n) is 35.9. The summed E-state index contributed by atoms with van der Waals surface area (Å²) in [6.07, 6.45) is 6.72. The van der Waals surface area contributed by atoms with Crippen molar-refractivity contribution in [3.63, 3.8) is 0 Å². The van der Waals surface area contributed by atoms with E-state index in [1.807, 2.05) is 18.2 Å². The van der Waals surface area contributed by atoms with Crippen molar-refractivity contribution in [2.45, 2.75) is 56.8 Å². The fourth-order valence-corrected chi connectivity index (χ4v) is 13.9. The lowest BCUT2D eigenvalue weighted by Gasteiger charge is -2.61. The first-order chi connectivity index (χ1) is 30.4. The van der Waals surface area contributed by atoms with Crippen molar-refractivity contribution in [2.75, 3.05) is 4.90 Å². The molecule has 7 aromatic carbocycles. The smallest absolute Gasteiger partial charge is 0.117 e. The summed E-state index contributed by atoms with van der Waals surface area (Å²) in [4.78, 5) is 2.18. The van der Waals surface area contributed by atoms with Crippen LogP contribution in [0, 0.1) is 23.7 Å². The van der Waals surface area contributed by atoms with E-state index in [2.05, 4.69) is 122 Å². The average molecular weight is 791 g/mol. The standard InChI is InChI=1S/C55H40B7N/c1-54(2)44-42(46(56)50(60)51(61)48(44)58)43-45(54)49(59)53(52(62)47(43)57)63(33-15-7-4-8-16-33)41-20-12-10-18-35(41)37-26-38-34-17-9-11-19-39(34)55(31-22-28-21-29(24-31)25-32(55)23-28)40(38)27-36(37)30-13-5-3-6-14-30/h3-20,26-29,31-32H,21-25H2,1-2H3. The second-order valence-corrected chi connectivity index (χ2v) is 19.6. The van der Waals surface area contributed by atoms with Crippen LogP contribution in [0.5, 0.6) is 0 Å². The van der Waals surface area contributed by atoms with Gasteiger partial charge < -0.3 is 4.90 Å². The average Bonchev–Trinajstić information content (AvgIpc) is 3.73. The molecule has 0 amide bonds. The summed E-state index contributed by atoms with van der Waals surface area (Å²) in [6, 6.07) is 44.2. The lowest BCUT2D eigenvalue weighted by Crippen LogP contribution is -2.55. The summed E-state index contributed by atoms with van der Waals surface area (Å²) in [5, 5.41) is 0. The van der Waals surface area contributed by atoms with Gasteiger partial charge in [-0.2, -0.15) is 0 Å². The van der Waals surface area contributed by atoms with E-state index in [9.17, 15) is 0 Å². The van der Waals surface area contributed by atoms with Crippen molar-refractivity contribution >= 4 is 110 Å². The van der Waals surface area contributed by atoms with Gasteiger partial charge in [-0.1, -0.05) is 132 Å². The molecule has 8 heteroatoms. The molecule has 6 aliphatic carbocycles. The van der Waals surface area contributed by atoms with E-state index < -0.39 is 5.41 Å². The molecule has 0 aromatic heterocycles. The second-order valence-electron chi connectivity index (χ2n) is 19.6. The number of anilines is 3. The predicted octanol–water partition coefficient (Wildman–Crippen LogP) is 6.08. The van der Waals surface area contributed by atoms with Crippen molar-refractivity contribution < 1.29 is 0 Å². The molecule has 0 aliphatic heterocycles. The summed E-state index contributed by atoms with van der Waals surface area (Å²) >= 11 is 0. The highest BCUT2D eigenvalue weighted by Gasteiger charge is 2.61. The van der Waals surface area contributed by atoms with Crippen LogP contribution in [0.2, 0.25) is 0 Å². The molecule has 1 nitrogen and oxygen atoms in total. The highest BCUT2D eigenvalue weighted by Crippen LogP contribution is 2.70. The fourth-order valence-electron chi connectivity index (χ4n) is 13.9. The molecule has 4 saturated carbocycles. The van der Waals surface area contributed by atoms with Gasteiger partial charge in [0.2, 0.25) is 0 Å². The Hall–Kier alpha value is -5.21. The molecule has 63 heavy (non-hydrogen) atoms. The van der Waals surface area contributed by atoms with Gasteiger partial charge in [0.05, 0.1) is 5.69 Å². The van der Waals surface area contributed by atoms with Gasteiger partial charge in [0.25, 0.3) is 0 Å². The first kappa shape index (κ1) is 39.4. The van der Waals surface area contributed by atoms with Gasteiger partial charge in [-0.25, -0.2) is 0 Å². The Morgan fingerprint density at radius 1 is 0.444 bits per heavy atom. The Labute approximate surface area is 381 Å². The van der Waals surface area contributed by atoms with Gasteiger partial charge in [0.15, 0.2) is 0 Å². The van der Waals surface area contributed by atoms with E-state index in [-0.39, 0.29) is 16.3 Å². The Morgan fingerprint density at radius 2 is 0.984 bits per heavy atom. The minimum atomic E-state index is -0.755. The van der Waals surface area contributed by atoms with E-state index >= 15 is 0 Å². The molecule has 286 valence electrons. The van der Waals surface area contributed by atoms with Crippen LogP contribution in [0.4, 0.5) is 17.1 Å². The maximum Gasteiger partial charge on any atom is 0.117 e. The molecule has 0 unspecified atom stereocenters. The van der Waals surface area contributed by atoms with Crippen LogP contribution in [0.3, 0.4) is 0 Å². The molecule has 13 rings (SSSR count). The van der Waals surface area contributed by atoms with Crippen molar-refractivity contribution in [3.8, 4) is 44.5 Å². The van der Waals surface area contributed by atoms with Gasteiger partial charge in [0, 0.05) is 27.8 Å². The molecule has 6 aliphatic rings. The van der Waals surface area contributed by atoms with Gasteiger partial charge in [-0.05, 0) is 147 Å². The van der Waals surface area contributed by atoms with Gasteiger partial charge >= 0.3 is 0 Å². The number of hydrogen-bond donors (Lipinski definition) is 0. The van der Waals surface area contributed by atoms with Crippen LogP contribution in [0.15, 0.2) is 121 Å². The second kappa shape index (κ2) is 13.9. The maximum atomic E-state index is 7.56. The lowest BCUT2D eigenvalue weighted by atomic mass is 9.43. The topological polar surface area (TPSA) is 3.24 Å². The predicted molar refractivity (Wildman–Crippen MR) is 271 cm³/mol. The van der Waals surface area contributed by atoms with Crippen molar-refractivity contribution in [1.82, 2.24) is 0 Å². The molecule has 0 saturated heterocycles. The zero-order chi connectivity index (χ0) is 43.3. The summed E-state index contributed by atoms with van der Waals surface area (Å²) in [5.74, 6) is 3.02. The van der Waals surface area contributed by atoms with E-state index in [0.717, 1.165) is 45.5 Å². The lowest BCUT2D eigenvalue weighted by molar-refractivity contribution is -0.0399. The first-order valence-corrected chi connectivity index (χ1v) is 22.5. The van der Waals surface area contributed by atoms with Crippen LogP contribution >= 0.6 is 0 Å². The number of fused-ring (bicyclic) bond motifs is 6. The molecule has 4 fully saturated rings. The third kappa shape index (κ3) is 5.22. The summed E-state index contributed by atoms with van der Waals surface area (Å²) < 4.78 is 0. The van der Waals surface area contributed by atoms with E-state index in [0.29, 0.717) is 56.0 Å². The van der Waals surface area contributed by atoms with Crippen LogP contribution < -0.4 is 43.1 Å². The SMILES string of the molecule is [B]c1c([B])c([B])c2c(c1[B])-c1c([B])c([B])c(N(c3ccccc3)c3ccccc3-c3cc4c(cc3-c3ccccc3)C3(c5ccccc5-4)C4CC5CC(C4)CC3C5)c([B])c1C2(C)C. The van der Waals surface area contributed by atoms with E-state index in [1.165, 1.54) is 65.5 Å². The molecule has 0 N–H and O–H groups in total. The van der Waals surface area contributed by atoms with Crippen LogP contribution in [-0.4, -0.2) is 54.9 Å². The summed E-state index contributed by atoms with van der Waals surface area (Å²) in [5.41, 5.74) is 17.1. The molecule has 14 radical (unpaired) electrons. The van der Waals surface area contributed by atoms with Crippen LogP contribution in [0.1, 0.15) is 68.2 Å². The van der Waals surface area contributed by atoms with Crippen LogP contribution in [-0.2, 0) is 10.8 Å². The van der Waals surface area contributed by atoms with E-state index in [1.54, 1.807) is 0 Å². The third-order valence-corrected chi connectivity index (χ3v) is 16.2. The number of rotatable bonds is 5. The number of para-hydroxylation sites is 2. The molecule has 0 atom stereocenters. The Bertz CT molecular complexity index is 3060.